The van der Waals surface area contributed by atoms with E-state index in [1.165, 1.54) is 4.90 Å². The van der Waals surface area contributed by atoms with Crippen molar-refractivity contribution in [3.05, 3.63) is 29.8 Å². The first-order valence-electron chi connectivity index (χ1n) is 7.66. The molecule has 0 saturated carbocycles. The predicted molar refractivity (Wildman–Crippen MR) is 84.8 cm³/mol. The van der Waals surface area contributed by atoms with Gasteiger partial charge in [-0.2, -0.15) is 0 Å². The van der Waals surface area contributed by atoms with Gasteiger partial charge in [-0.05, 0) is 50.7 Å². The number of hydrogen-bond donors (Lipinski definition) is 1. The lowest BCUT2D eigenvalue weighted by Crippen LogP contribution is -2.37. The highest BCUT2D eigenvalue weighted by Crippen LogP contribution is 2.23. The van der Waals surface area contributed by atoms with E-state index in [1.807, 2.05) is 19.1 Å². The molecule has 5 nitrogen and oxygen atoms in total. The molecule has 1 amide bonds. The van der Waals surface area contributed by atoms with E-state index in [9.17, 15) is 13.2 Å². The molecule has 0 aromatic heterocycles. The monoisotopic (exact) mass is 325 g/mol. The molecule has 0 spiro atoms. The van der Waals surface area contributed by atoms with Crippen LogP contribution in [0.4, 0.5) is 4.79 Å². The summed E-state index contributed by atoms with van der Waals surface area (Å²) in [6, 6.07) is 6.95. The van der Waals surface area contributed by atoms with Crippen LogP contribution in [-0.4, -0.2) is 43.4 Å². The van der Waals surface area contributed by atoms with Crippen LogP contribution in [0.2, 0.25) is 0 Å². The minimum atomic E-state index is -3.21. The van der Waals surface area contributed by atoms with Gasteiger partial charge in [0.1, 0.15) is 0 Å². The van der Waals surface area contributed by atoms with Gasteiger partial charge in [-0.3, -0.25) is 0 Å². The Kier molecular flexibility index (Phi) is 5.45. The SMILES string of the molecule is Cc1ccc(S(=O)(=O)CCCC2CCN(C(=O)O)CC2)cc1. The molecule has 1 saturated heterocycles. The normalized spacial score (nSPS) is 16.7. The van der Waals surface area contributed by atoms with E-state index in [-0.39, 0.29) is 5.75 Å². The van der Waals surface area contributed by atoms with Crippen molar-refractivity contribution in [2.24, 2.45) is 5.92 Å². The van der Waals surface area contributed by atoms with Crippen molar-refractivity contribution in [2.45, 2.75) is 37.5 Å². The Balaban J connectivity index is 1.79. The summed E-state index contributed by atoms with van der Waals surface area (Å²) in [4.78, 5) is 12.7. The van der Waals surface area contributed by atoms with Crippen LogP contribution in [0.15, 0.2) is 29.2 Å². The summed E-state index contributed by atoms with van der Waals surface area (Å²) in [7, 11) is -3.21. The molecule has 122 valence electrons. The number of amides is 1. The first-order chi connectivity index (χ1) is 10.4. The summed E-state index contributed by atoms with van der Waals surface area (Å²) < 4.78 is 24.5. The maximum absolute atomic E-state index is 12.2. The van der Waals surface area contributed by atoms with Crippen LogP contribution in [0.5, 0.6) is 0 Å². The number of carboxylic acid groups (broad SMARTS) is 1. The van der Waals surface area contributed by atoms with Crippen molar-refractivity contribution in [3.8, 4) is 0 Å². The van der Waals surface area contributed by atoms with Gasteiger partial charge in [-0.25, -0.2) is 13.2 Å². The fourth-order valence-electron chi connectivity index (χ4n) is 2.84. The molecule has 6 heteroatoms. The summed E-state index contributed by atoms with van der Waals surface area (Å²) >= 11 is 0. The van der Waals surface area contributed by atoms with Gasteiger partial charge in [0.05, 0.1) is 10.6 Å². The number of piperidine rings is 1. The summed E-state index contributed by atoms with van der Waals surface area (Å²) in [6.07, 6.45) is 2.28. The third-order valence-corrected chi connectivity index (χ3v) is 6.11. The van der Waals surface area contributed by atoms with Crippen LogP contribution in [-0.2, 0) is 9.84 Å². The zero-order valence-electron chi connectivity index (χ0n) is 12.9. The minimum Gasteiger partial charge on any atom is -0.465 e. The van der Waals surface area contributed by atoms with E-state index in [0.717, 1.165) is 24.8 Å². The molecule has 0 unspecified atom stereocenters. The Hall–Kier alpha value is -1.56. The van der Waals surface area contributed by atoms with Crippen molar-refractivity contribution < 1.29 is 18.3 Å². The number of carbonyl (C=O) groups is 1. The van der Waals surface area contributed by atoms with E-state index in [4.69, 9.17) is 5.11 Å². The van der Waals surface area contributed by atoms with Gasteiger partial charge in [-0.15, -0.1) is 0 Å². The quantitative estimate of drug-likeness (QED) is 0.903. The summed E-state index contributed by atoms with van der Waals surface area (Å²) in [5, 5.41) is 8.90. The number of aryl methyl sites for hydroxylation is 1. The minimum absolute atomic E-state index is 0.162. The van der Waals surface area contributed by atoms with Crippen LogP contribution in [0.3, 0.4) is 0 Å². The van der Waals surface area contributed by atoms with Crippen LogP contribution in [0, 0.1) is 12.8 Å². The van der Waals surface area contributed by atoms with E-state index in [2.05, 4.69) is 0 Å². The first-order valence-corrected chi connectivity index (χ1v) is 9.31. The molecule has 0 aliphatic carbocycles. The number of benzene rings is 1. The second kappa shape index (κ2) is 7.13. The van der Waals surface area contributed by atoms with Crippen molar-refractivity contribution in [2.75, 3.05) is 18.8 Å². The molecule has 1 aliphatic rings. The van der Waals surface area contributed by atoms with E-state index < -0.39 is 15.9 Å². The lowest BCUT2D eigenvalue weighted by Gasteiger charge is -2.29. The molecular weight excluding hydrogens is 302 g/mol. The fourth-order valence-corrected chi connectivity index (χ4v) is 4.17. The van der Waals surface area contributed by atoms with E-state index in [1.54, 1.807) is 12.1 Å². The largest absolute Gasteiger partial charge is 0.465 e. The third-order valence-electron chi connectivity index (χ3n) is 4.29. The number of hydrogen-bond acceptors (Lipinski definition) is 3. The molecule has 1 aliphatic heterocycles. The van der Waals surface area contributed by atoms with Gasteiger partial charge in [0.2, 0.25) is 0 Å². The standard InChI is InChI=1S/C16H23NO4S/c1-13-4-6-15(7-5-13)22(20,21)12-2-3-14-8-10-17(11-9-14)16(18)19/h4-7,14H,2-3,8-12H2,1H3,(H,18,19). The van der Waals surface area contributed by atoms with Gasteiger partial charge in [0.25, 0.3) is 0 Å². The zero-order chi connectivity index (χ0) is 16.2. The molecule has 1 N–H and O–H groups in total. The number of rotatable bonds is 5. The highest BCUT2D eigenvalue weighted by atomic mass is 32.2. The third kappa shape index (κ3) is 4.47. The second-order valence-corrected chi connectivity index (χ2v) is 8.10. The number of likely N-dealkylation sites (tertiary alicyclic amines) is 1. The van der Waals surface area contributed by atoms with Crippen LogP contribution >= 0.6 is 0 Å². The van der Waals surface area contributed by atoms with Crippen molar-refractivity contribution >= 4 is 15.9 Å². The van der Waals surface area contributed by atoms with Crippen LogP contribution in [0.25, 0.3) is 0 Å². The Morgan fingerprint density at radius 3 is 2.36 bits per heavy atom. The van der Waals surface area contributed by atoms with Crippen molar-refractivity contribution in [3.63, 3.8) is 0 Å². The van der Waals surface area contributed by atoms with Gasteiger partial charge in [-0.1, -0.05) is 17.7 Å². The lowest BCUT2D eigenvalue weighted by atomic mass is 9.93. The number of sulfone groups is 1. The molecule has 0 radical (unpaired) electrons. The maximum Gasteiger partial charge on any atom is 0.407 e. The second-order valence-electron chi connectivity index (χ2n) is 5.99. The van der Waals surface area contributed by atoms with E-state index in [0.29, 0.717) is 30.3 Å². The molecule has 0 bridgehead atoms. The molecule has 22 heavy (non-hydrogen) atoms. The van der Waals surface area contributed by atoms with E-state index >= 15 is 0 Å². The van der Waals surface area contributed by atoms with Gasteiger partial charge in [0, 0.05) is 13.1 Å². The lowest BCUT2D eigenvalue weighted by molar-refractivity contribution is 0.123. The molecule has 1 fully saturated rings. The van der Waals surface area contributed by atoms with Crippen LogP contribution in [0.1, 0.15) is 31.2 Å². The highest BCUT2D eigenvalue weighted by molar-refractivity contribution is 7.91. The Morgan fingerprint density at radius 1 is 1.23 bits per heavy atom. The molecule has 1 aromatic rings. The Bertz CT molecular complexity index is 602. The summed E-state index contributed by atoms with van der Waals surface area (Å²) in [5.74, 6) is 0.596. The Morgan fingerprint density at radius 2 is 1.82 bits per heavy atom. The first kappa shape index (κ1) is 16.8. The Labute approximate surface area is 131 Å². The molecule has 1 heterocycles. The van der Waals surface area contributed by atoms with Gasteiger partial charge >= 0.3 is 6.09 Å². The molecule has 0 atom stereocenters. The average molecular weight is 325 g/mol. The molecule has 1 aromatic carbocycles. The summed E-state index contributed by atoms with van der Waals surface area (Å²) in [6.45, 7) is 3.05. The predicted octanol–water partition coefficient (Wildman–Crippen LogP) is 2.94. The van der Waals surface area contributed by atoms with Gasteiger partial charge < -0.3 is 10.0 Å². The smallest absolute Gasteiger partial charge is 0.407 e. The summed E-state index contributed by atoms with van der Waals surface area (Å²) in [5.41, 5.74) is 1.05. The molecular formula is C16H23NO4S. The van der Waals surface area contributed by atoms with Gasteiger partial charge in [0.15, 0.2) is 9.84 Å². The van der Waals surface area contributed by atoms with Crippen molar-refractivity contribution in [1.82, 2.24) is 4.90 Å². The van der Waals surface area contributed by atoms with Crippen molar-refractivity contribution in [1.29, 1.82) is 0 Å². The maximum atomic E-state index is 12.2. The fraction of sp³-hybridized carbons (Fsp3) is 0.562. The average Bonchev–Trinajstić information content (AvgIpc) is 2.48. The highest BCUT2D eigenvalue weighted by Gasteiger charge is 2.22. The topological polar surface area (TPSA) is 74.7 Å². The van der Waals surface area contributed by atoms with Crippen LogP contribution < -0.4 is 0 Å². The number of nitrogens with zero attached hydrogens (tertiary/aromatic N) is 1. The zero-order valence-corrected chi connectivity index (χ0v) is 13.7. The molecule has 2 rings (SSSR count).